The van der Waals surface area contributed by atoms with Gasteiger partial charge in [0.2, 0.25) is 9.84 Å². The summed E-state index contributed by atoms with van der Waals surface area (Å²) in [7, 11) is -3.47. The van der Waals surface area contributed by atoms with E-state index < -0.39 is 9.84 Å². The maximum atomic E-state index is 11.5. The van der Waals surface area contributed by atoms with E-state index in [-0.39, 0.29) is 15.6 Å². The third-order valence-corrected chi connectivity index (χ3v) is 4.07. The zero-order chi connectivity index (χ0) is 9.64. The molecule has 0 fully saturated rings. The van der Waals surface area contributed by atoms with Crippen molar-refractivity contribution in [2.24, 2.45) is 0 Å². The Morgan fingerprint density at radius 2 is 1.85 bits per heavy atom. The SMILES string of the molecule is CC1=C([O-])c2ccccc2S1(=O)=O. The van der Waals surface area contributed by atoms with Gasteiger partial charge in [-0.15, -0.1) is 0 Å². The van der Waals surface area contributed by atoms with E-state index in [9.17, 15) is 13.5 Å². The fourth-order valence-corrected chi connectivity index (χ4v) is 2.76. The molecule has 1 aliphatic rings. The van der Waals surface area contributed by atoms with Crippen molar-refractivity contribution in [3.8, 4) is 0 Å². The third-order valence-electron chi connectivity index (χ3n) is 2.14. The Bertz CT molecular complexity index is 497. The third kappa shape index (κ3) is 0.920. The van der Waals surface area contributed by atoms with Gasteiger partial charge in [0.05, 0.1) is 4.90 Å². The molecule has 2 rings (SSSR count). The van der Waals surface area contributed by atoms with Gasteiger partial charge in [-0.25, -0.2) is 8.42 Å². The molecule has 0 saturated heterocycles. The van der Waals surface area contributed by atoms with Gasteiger partial charge in [0.15, 0.2) is 0 Å². The van der Waals surface area contributed by atoms with Gasteiger partial charge in [-0.2, -0.15) is 0 Å². The molecular weight excluding hydrogens is 188 g/mol. The highest BCUT2D eigenvalue weighted by Gasteiger charge is 2.27. The van der Waals surface area contributed by atoms with Crippen LogP contribution in [-0.2, 0) is 9.84 Å². The first-order chi connectivity index (χ1) is 6.05. The molecule has 0 bridgehead atoms. The summed E-state index contributed by atoms with van der Waals surface area (Å²) < 4.78 is 23.1. The number of rotatable bonds is 0. The van der Waals surface area contributed by atoms with E-state index in [0.29, 0.717) is 5.56 Å². The van der Waals surface area contributed by atoms with Crippen LogP contribution in [0.25, 0.3) is 5.76 Å². The minimum absolute atomic E-state index is 0.0753. The molecule has 0 N–H and O–H groups in total. The fraction of sp³-hybridized carbons (Fsp3) is 0.111. The second-order valence-corrected chi connectivity index (χ2v) is 4.94. The maximum Gasteiger partial charge on any atom is 0.202 e. The highest BCUT2D eigenvalue weighted by Crippen LogP contribution is 2.35. The number of allylic oxidation sites excluding steroid dienone is 1. The van der Waals surface area contributed by atoms with Crippen LogP contribution in [-0.4, -0.2) is 8.42 Å². The van der Waals surface area contributed by atoms with Crippen molar-refractivity contribution in [1.29, 1.82) is 0 Å². The molecule has 0 aromatic heterocycles. The van der Waals surface area contributed by atoms with E-state index in [0.717, 1.165) is 0 Å². The first-order valence-corrected chi connectivity index (χ1v) is 5.26. The van der Waals surface area contributed by atoms with Crippen molar-refractivity contribution in [2.45, 2.75) is 11.8 Å². The monoisotopic (exact) mass is 195 g/mol. The maximum absolute atomic E-state index is 11.5. The molecular formula is C9H7O3S-. The van der Waals surface area contributed by atoms with Crippen molar-refractivity contribution in [3.05, 3.63) is 34.7 Å². The first kappa shape index (κ1) is 8.31. The van der Waals surface area contributed by atoms with Crippen molar-refractivity contribution < 1.29 is 13.5 Å². The van der Waals surface area contributed by atoms with Crippen LogP contribution in [0.4, 0.5) is 0 Å². The minimum atomic E-state index is -3.47. The van der Waals surface area contributed by atoms with Crippen molar-refractivity contribution in [3.63, 3.8) is 0 Å². The Kier molecular flexibility index (Phi) is 1.51. The normalized spacial score (nSPS) is 18.8. The topological polar surface area (TPSA) is 57.2 Å². The zero-order valence-electron chi connectivity index (χ0n) is 6.94. The Morgan fingerprint density at radius 3 is 2.46 bits per heavy atom. The molecule has 0 saturated carbocycles. The lowest BCUT2D eigenvalue weighted by molar-refractivity contribution is -0.244. The molecule has 0 atom stereocenters. The highest BCUT2D eigenvalue weighted by molar-refractivity contribution is 7.95. The molecule has 1 aromatic carbocycles. The van der Waals surface area contributed by atoms with Crippen LogP contribution in [0, 0.1) is 0 Å². The van der Waals surface area contributed by atoms with Gasteiger partial charge in [-0.05, 0) is 18.6 Å². The van der Waals surface area contributed by atoms with E-state index >= 15 is 0 Å². The van der Waals surface area contributed by atoms with Gasteiger partial charge < -0.3 is 5.11 Å². The predicted octanol–water partition coefficient (Wildman–Crippen LogP) is 0.523. The largest absolute Gasteiger partial charge is 0.871 e. The summed E-state index contributed by atoms with van der Waals surface area (Å²) in [6.07, 6.45) is 0. The lowest BCUT2D eigenvalue weighted by atomic mass is 10.2. The van der Waals surface area contributed by atoms with Crippen LogP contribution in [0.2, 0.25) is 0 Å². The quantitative estimate of drug-likeness (QED) is 0.606. The smallest absolute Gasteiger partial charge is 0.202 e. The molecule has 0 aliphatic carbocycles. The molecule has 0 radical (unpaired) electrons. The average molecular weight is 195 g/mol. The Morgan fingerprint density at radius 1 is 1.23 bits per heavy atom. The predicted molar refractivity (Wildman–Crippen MR) is 46.2 cm³/mol. The van der Waals surface area contributed by atoms with Gasteiger partial charge in [0.25, 0.3) is 0 Å². The molecule has 1 heterocycles. The number of hydrogen-bond acceptors (Lipinski definition) is 3. The standard InChI is InChI=1S/C9H8O3S/c1-6-9(10)7-4-2-3-5-8(7)13(6,11)12/h2-5,10H,1H3/p-1. The number of hydrogen-bond donors (Lipinski definition) is 0. The zero-order valence-corrected chi connectivity index (χ0v) is 7.76. The van der Waals surface area contributed by atoms with E-state index in [1.165, 1.54) is 19.1 Å². The minimum Gasteiger partial charge on any atom is -0.871 e. The van der Waals surface area contributed by atoms with Gasteiger partial charge in [0, 0.05) is 4.91 Å². The second-order valence-electron chi connectivity index (χ2n) is 2.88. The van der Waals surface area contributed by atoms with Crippen LogP contribution in [0.5, 0.6) is 0 Å². The summed E-state index contributed by atoms with van der Waals surface area (Å²) >= 11 is 0. The summed E-state index contributed by atoms with van der Waals surface area (Å²) in [5, 5.41) is 11.4. The van der Waals surface area contributed by atoms with Crippen molar-refractivity contribution >= 4 is 15.6 Å². The summed E-state index contributed by atoms with van der Waals surface area (Å²) in [6, 6.07) is 6.26. The molecule has 68 valence electrons. The van der Waals surface area contributed by atoms with E-state index in [1.807, 2.05) is 0 Å². The van der Waals surface area contributed by atoms with Gasteiger partial charge in [-0.3, -0.25) is 0 Å². The van der Waals surface area contributed by atoms with Gasteiger partial charge in [0.1, 0.15) is 0 Å². The Balaban J connectivity index is 2.90. The van der Waals surface area contributed by atoms with Crippen LogP contribution >= 0.6 is 0 Å². The van der Waals surface area contributed by atoms with Crippen LogP contribution in [0.1, 0.15) is 12.5 Å². The molecule has 0 spiro atoms. The summed E-state index contributed by atoms with van der Waals surface area (Å²) in [5.41, 5.74) is 0.292. The van der Waals surface area contributed by atoms with Gasteiger partial charge in [-0.1, -0.05) is 24.0 Å². The van der Waals surface area contributed by atoms with E-state index in [1.54, 1.807) is 12.1 Å². The van der Waals surface area contributed by atoms with Crippen LogP contribution in [0.3, 0.4) is 0 Å². The lowest BCUT2D eigenvalue weighted by Crippen LogP contribution is -2.01. The number of fused-ring (bicyclic) bond motifs is 1. The first-order valence-electron chi connectivity index (χ1n) is 3.77. The highest BCUT2D eigenvalue weighted by atomic mass is 32.2. The van der Waals surface area contributed by atoms with E-state index in [2.05, 4.69) is 0 Å². The Hall–Kier alpha value is -1.29. The van der Waals surface area contributed by atoms with Crippen LogP contribution < -0.4 is 5.11 Å². The molecule has 4 heteroatoms. The van der Waals surface area contributed by atoms with Crippen molar-refractivity contribution in [1.82, 2.24) is 0 Å². The molecule has 13 heavy (non-hydrogen) atoms. The van der Waals surface area contributed by atoms with Crippen LogP contribution in [0.15, 0.2) is 34.1 Å². The second kappa shape index (κ2) is 2.35. The number of benzene rings is 1. The Labute approximate surface area is 76.3 Å². The summed E-state index contributed by atoms with van der Waals surface area (Å²) in [5.74, 6) is -0.379. The van der Waals surface area contributed by atoms with E-state index in [4.69, 9.17) is 0 Å². The molecule has 1 aromatic rings. The lowest BCUT2D eigenvalue weighted by Gasteiger charge is -2.06. The molecule has 3 nitrogen and oxygen atoms in total. The average Bonchev–Trinajstić information content (AvgIpc) is 2.30. The van der Waals surface area contributed by atoms with Gasteiger partial charge >= 0.3 is 0 Å². The number of sulfone groups is 1. The summed E-state index contributed by atoms with van der Waals surface area (Å²) in [6.45, 7) is 1.34. The molecule has 1 aliphatic heterocycles. The molecule has 0 unspecified atom stereocenters. The molecule has 0 amide bonds. The van der Waals surface area contributed by atoms with Crippen molar-refractivity contribution in [2.75, 3.05) is 0 Å². The fourth-order valence-electron chi connectivity index (χ4n) is 1.37. The summed E-state index contributed by atoms with van der Waals surface area (Å²) in [4.78, 5) is 0.0613.